The largest absolute Gasteiger partial charge is 0.493 e. The Morgan fingerprint density at radius 2 is 1.86 bits per heavy atom. The summed E-state index contributed by atoms with van der Waals surface area (Å²) in [6.07, 6.45) is 2.91. The van der Waals surface area contributed by atoms with E-state index >= 15 is 0 Å². The summed E-state index contributed by atoms with van der Waals surface area (Å²) in [7, 11) is 1.59. The van der Waals surface area contributed by atoms with Gasteiger partial charge in [0.05, 0.1) is 36.8 Å². The van der Waals surface area contributed by atoms with Crippen LogP contribution in [0, 0.1) is 22.6 Å². The van der Waals surface area contributed by atoms with Crippen LogP contribution in [0.15, 0.2) is 66.7 Å². The molecule has 5 nitrogen and oxygen atoms in total. The second-order valence-electron chi connectivity index (χ2n) is 9.89. The highest BCUT2D eigenvalue weighted by Gasteiger charge is 2.37. The molecule has 1 heterocycles. The molecule has 3 aromatic rings. The summed E-state index contributed by atoms with van der Waals surface area (Å²) in [4.78, 5) is 13.5. The number of ketones is 1. The summed E-state index contributed by atoms with van der Waals surface area (Å²) in [5.41, 5.74) is 2.23. The first-order chi connectivity index (χ1) is 17.2. The van der Waals surface area contributed by atoms with Gasteiger partial charge in [-0.1, -0.05) is 51.1 Å². The molecule has 0 saturated heterocycles. The topological polar surface area (TPSA) is 68.5 Å². The van der Waals surface area contributed by atoms with Gasteiger partial charge in [-0.2, -0.15) is 5.26 Å². The Labute approximate surface area is 210 Å². The molecule has 0 aliphatic carbocycles. The quantitative estimate of drug-likeness (QED) is 0.395. The van der Waals surface area contributed by atoms with E-state index in [1.165, 1.54) is 18.2 Å². The molecule has 3 aromatic carbocycles. The highest BCUT2D eigenvalue weighted by molar-refractivity contribution is 6.05. The standard InChI is InChI=1S/C30H28FNO4/c1-30(2,3)18-35-29-21(6-5-7-25(29)34-4)12-15-24-27(20-10-8-19(17-32)9-11-20)28(33)23-14-13-22(31)16-26(23)36-24/h5-16,24,27H,18H2,1-4H3/b15-12+. The number of methoxy groups -OCH3 is 1. The number of hydrogen-bond donors (Lipinski definition) is 0. The molecule has 0 bridgehead atoms. The molecule has 0 radical (unpaired) electrons. The third kappa shape index (κ3) is 5.41. The van der Waals surface area contributed by atoms with Crippen LogP contribution in [0.25, 0.3) is 6.08 Å². The average Bonchev–Trinajstić information content (AvgIpc) is 2.85. The molecule has 184 valence electrons. The number of nitrogens with zero attached hydrogens (tertiary/aromatic N) is 1. The number of ether oxygens (including phenoxy) is 3. The van der Waals surface area contributed by atoms with Crippen LogP contribution in [0.4, 0.5) is 4.39 Å². The molecule has 4 rings (SSSR count). The van der Waals surface area contributed by atoms with E-state index in [2.05, 4.69) is 26.8 Å². The van der Waals surface area contributed by atoms with Gasteiger partial charge in [-0.05, 0) is 47.4 Å². The first-order valence-corrected chi connectivity index (χ1v) is 11.7. The predicted molar refractivity (Wildman–Crippen MR) is 136 cm³/mol. The molecular weight excluding hydrogens is 457 g/mol. The number of nitriles is 1. The Kier molecular flexibility index (Phi) is 7.12. The Morgan fingerprint density at radius 3 is 2.53 bits per heavy atom. The fraction of sp³-hybridized carbons (Fsp3) is 0.267. The van der Waals surface area contributed by atoms with E-state index in [0.29, 0.717) is 34.8 Å². The van der Waals surface area contributed by atoms with Gasteiger partial charge in [0.15, 0.2) is 17.3 Å². The van der Waals surface area contributed by atoms with Gasteiger partial charge in [0, 0.05) is 11.6 Å². The van der Waals surface area contributed by atoms with Gasteiger partial charge in [0.1, 0.15) is 17.7 Å². The smallest absolute Gasteiger partial charge is 0.178 e. The molecule has 0 fully saturated rings. The zero-order valence-electron chi connectivity index (χ0n) is 20.7. The number of benzene rings is 3. The van der Waals surface area contributed by atoms with E-state index in [0.717, 1.165) is 5.56 Å². The highest BCUT2D eigenvalue weighted by Crippen LogP contribution is 2.39. The van der Waals surface area contributed by atoms with Crippen LogP contribution < -0.4 is 14.2 Å². The lowest BCUT2D eigenvalue weighted by atomic mass is 9.83. The van der Waals surface area contributed by atoms with Gasteiger partial charge in [0.2, 0.25) is 0 Å². The maximum absolute atomic E-state index is 14.0. The Hall–Kier alpha value is -4.11. The van der Waals surface area contributed by atoms with Crippen LogP contribution in [0.3, 0.4) is 0 Å². The van der Waals surface area contributed by atoms with Crippen molar-refractivity contribution in [2.75, 3.05) is 13.7 Å². The lowest BCUT2D eigenvalue weighted by Gasteiger charge is -2.31. The van der Waals surface area contributed by atoms with E-state index < -0.39 is 17.8 Å². The molecule has 2 unspecified atom stereocenters. The number of hydrogen-bond acceptors (Lipinski definition) is 5. The normalized spacial score (nSPS) is 17.3. The van der Waals surface area contributed by atoms with Crippen molar-refractivity contribution in [2.24, 2.45) is 5.41 Å². The molecular formula is C30H28FNO4. The van der Waals surface area contributed by atoms with Crippen molar-refractivity contribution in [1.29, 1.82) is 5.26 Å². The molecule has 1 aliphatic heterocycles. The second kappa shape index (κ2) is 10.2. The van der Waals surface area contributed by atoms with Gasteiger partial charge >= 0.3 is 0 Å². The van der Waals surface area contributed by atoms with Crippen molar-refractivity contribution in [3.8, 4) is 23.3 Å². The average molecular weight is 486 g/mol. The van der Waals surface area contributed by atoms with Gasteiger partial charge in [-0.3, -0.25) is 4.79 Å². The van der Waals surface area contributed by atoms with Crippen LogP contribution in [0.2, 0.25) is 0 Å². The number of carbonyl (C=O) groups excluding carboxylic acids is 1. The van der Waals surface area contributed by atoms with Crippen LogP contribution in [-0.2, 0) is 0 Å². The number of halogens is 1. The predicted octanol–water partition coefficient (Wildman–Crippen LogP) is 6.57. The van der Waals surface area contributed by atoms with Gasteiger partial charge < -0.3 is 14.2 Å². The fourth-order valence-corrected chi connectivity index (χ4v) is 4.05. The Bertz CT molecular complexity index is 1330. The SMILES string of the molecule is COc1cccc(/C=C/C2Oc3cc(F)ccc3C(=O)C2c2ccc(C#N)cc2)c1OCC(C)(C)C. The van der Waals surface area contributed by atoms with Crippen LogP contribution in [0.1, 0.15) is 53.7 Å². The van der Waals surface area contributed by atoms with E-state index in [1.807, 2.05) is 24.3 Å². The first-order valence-electron chi connectivity index (χ1n) is 11.7. The Morgan fingerprint density at radius 1 is 1.11 bits per heavy atom. The van der Waals surface area contributed by atoms with E-state index in [9.17, 15) is 9.18 Å². The number of rotatable bonds is 6. The molecule has 36 heavy (non-hydrogen) atoms. The van der Waals surface area contributed by atoms with Crippen molar-refractivity contribution in [1.82, 2.24) is 0 Å². The van der Waals surface area contributed by atoms with Crippen LogP contribution in [-0.4, -0.2) is 25.6 Å². The van der Waals surface area contributed by atoms with E-state index in [1.54, 1.807) is 37.5 Å². The van der Waals surface area contributed by atoms with Crippen LogP contribution in [0.5, 0.6) is 17.2 Å². The molecule has 6 heteroatoms. The second-order valence-corrected chi connectivity index (χ2v) is 9.89. The maximum Gasteiger partial charge on any atom is 0.178 e. The molecule has 0 amide bonds. The number of Topliss-reactive ketones (excluding diaryl/α,β-unsaturated/α-hetero) is 1. The monoisotopic (exact) mass is 485 g/mol. The van der Waals surface area contributed by atoms with Gasteiger partial charge in [0.25, 0.3) is 0 Å². The number of carbonyl (C=O) groups is 1. The Balaban J connectivity index is 1.74. The summed E-state index contributed by atoms with van der Waals surface area (Å²) in [5.74, 6) is 0.0656. The third-order valence-electron chi connectivity index (χ3n) is 5.83. The molecule has 0 spiro atoms. The number of fused-ring (bicyclic) bond motifs is 1. The summed E-state index contributed by atoms with van der Waals surface area (Å²) >= 11 is 0. The van der Waals surface area contributed by atoms with Crippen LogP contribution >= 0.6 is 0 Å². The summed E-state index contributed by atoms with van der Waals surface area (Å²) in [5, 5.41) is 9.16. The molecule has 0 N–H and O–H groups in total. The van der Waals surface area contributed by atoms with Crippen molar-refractivity contribution in [3.63, 3.8) is 0 Å². The van der Waals surface area contributed by atoms with E-state index in [4.69, 9.17) is 19.5 Å². The maximum atomic E-state index is 14.0. The van der Waals surface area contributed by atoms with Gasteiger partial charge in [-0.25, -0.2) is 4.39 Å². The lowest BCUT2D eigenvalue weighted by molar-refractivity contribution is 0.0842. The van der Waals surface area contributed by atoms with Crippen molar-refractivity contribution < 1.29 is 23.4 Å². The highest BCUT2D eigenvalue weighted by atomic mass is 19.1. The van der Waals surface area contributed by atoms with Gasteiger partial charge in [-0.15, -0.1) is 0 Å². The minimum atomic E-state index is -0.707. The summed E-state index contributed by atoms with van der Waals surface area (Å²) in [6.45, 7) is 6.72. The zero-order chi connectivity index (χ0) is 25.9. The third-order valence-corrected chi connectivity index (χ3v) is 5.83. The zero-order valence-corrected chi connectivity index (χ0v) is 20.7. The van der Waals surface area contributed by atoms with E-state index in [-0.39, 0.29) is 16.9 Å². The summed E-state index contributed by atoms with van der Waals surface area (Å²) < 4.78 is 31.8. The van der Waals surface area contributed by atoms with Crippen molar-refractivity contribution in [2.45, 2.75) is 32.8 Å². The summed E-state index contributed by atoms with van der Waals surface area (Å²) in [6, 6.07) is 18.4. The van der Waals surface area contributed by atoms with Crippen molar-refractivity contribution in [3.05, 3.63) is 94.8 Å². The molecule has 0 saturated carbocycles. The molecule has 2 atom stereocenters. The molecule has 0 aromatic heterocycles. The minimum absolute atomic E-state index is 0.0603. The molecule has 1 aliphatic rings. The first kappa shape index (κ1) is 25.0. The fourth-order valence-electron chi connectivity index (χ4n) is 4.05. The lowest BCUT2D eigenvalue weighted by Crippen LogP contribution is -2.34. The van der Waals surface area contributed by atoms with Crippen molar-refractivity contribution >= 4 is 11.9 Å². The minimum Gasteiger partial charge on any atom is -0.493 e. The number of para-hydroxylation sites is 1.